The van der Waals surface area contributed by atoms with Crippen LogP contribution >= 0.6 is 11.8 Å². The predicted molar refractivity (Wildman–Crippen MR) is 63.9 cm³/mol. The van der Waals surface area contributed by atoms with E-state index in [2.05, 4.69) is 11.9 Å². The third-order valence-corrected chi connectivity index (χ3v) is 3.39. The van der Waals surface area contributed by atoms with Crippen LogP contribution in [0.3, 0.4) is 0 Å². The number of rotatable bonds is 4. The van der Waals surface area contributed by atoms with Gasteiger partial charge in [0.25, 0.3) is 0 Å². The van der Waals surface area contributed by atoms with Gasteiger partial charge in [-0.2, -0.15) is 0 Å². The van der Waals surface area contributed by atoms with E-state index in [9.17, 15) is 4.39 Å². The molecular weight excluding hydrogens is 223 g/mol. The van der Waals surface area contributed by atoms with Crippen molar-refractivity contribution in [2.24, 2.45) is 0 Å². The van der Waals surface area contributed by atoms with Gasteiger partial charge in [0.15, 0.2) is 5.16 Å². The van der Waals surface area contributed by atoms with Gasteiger partial charge >= 0.3 is 0 Å². The molecule has 0 spiro atoms. The number of hydrogen-bond donors (Lipinski definition) is 0. The Balaban J connectivity index is 2.05. The van der Waals surface area contributed by atoms with Crippen LogP contribution in [0.4, 0.5) is 4.39 Å². The number of nitrogens with zero attached hydrogens (tertiary/aromatic N) is 2. The number of halogens is 1. The highest BCUT2D eigenvalue weighted by Gasteiger charge is 2.05. The molecule has 0 saturated heterocycles. The minimum atomic E-state index is -0.149. The normalized spacial score (nSPS) is 10.6. The minimum absolute atomic E-state index is 0.149. The molecule has 0 saturated carbocycles. The summed E-state index contributed by atoms with van der Waals surface area (Å²) in [6.45, 7) is 2.95. The molecule has 4 heteroatoms. The zero-order chi connectivity index (χ0) is 11.4. The third kappa shape index (κ3) is 2.44. The molecule has 0 unspecified atom stereocenters. The van der Waals surface area contributed by atoms with Crippen LogP contribution in [0.25, 0.3) is 0 Å². The van der Waals surface area contributed by atoms with E-state index in [1.165, 1.54) is 6.07 Å². The molecule has 0 aliphatic rings. The second-order valence-corrected chi connectivity index (χ2v) is 4.32. The summed E-state index contributed by atoms with van der Waals surface area (Å²) < 4.78 is 15.4. The van der Waals surface area contributed by atoms with E-state index in [1.807, 2.05) is 22.9 Å². The van der Waals surface area contributed by atoms with Crippen molar-refractivity contribution >= 4 is 11.8 Å². The average molecular weight is 236 g/mol. The molecule has 0 atom stereocenters. The SMILES string of the molecule is CCn1ccnc1SCc1ccccc1F. The second kappa shape index (κ2) is 5.16. The molecule has 0 N–H and O–H groups in total. The summed E-state index contributed by atoms with van der Waals surface area (Å²) in [5, 5.41) is 0.936. The van der Waals surface area contributed by atoms with Crippen molar-refractivity contribution in [2.45, 2.75) is 24.4 Å². The first-order chi connectivity index (χ1) is 7.81. The molecule has 2 nitrogen and oxygen atoms in total. The largest absolute Gasteiger partial charge is 0.326 e. The summed E-state index contributed by atoms with van der Waals surface area (Å²) in [6.07, 6.45) is 3.71. The van der Waals surface area contributed by atoms with Crippen molar-refractivity contribution < 1.29 is 4.39 Å². The van der Waals surface area contributed by atoms with Gasteiger partial charge in [0.1, 0.15) is 5.82 Å². The lowest BCUT2D eigenvalue weighted by atomic mass is 10.2. The van der Waals surface area contributed by atoms with Gasteiger partial charge in [0.05, 0.1) is 0 Å². The van der Waals surface area contributed by atoms with Gasteiger partial charge in [-0.25, -0.2) is 9.37 Å². The predicted octanol–water partition coefficient (Wildman–Crippen LogP) is 3.33. The highest BCUT2D eigenvalue weighted by Crippen LogP contribution is 2.22. The fraction of sp³-hybridized carbons (Fsp3) is 0.250. The van der Waals surface area contributed by atoms with Crippen LogP contribution in [0.1, 0.15) is 12.5 Å². The van der Waals surface area contributed by atoms with Crippen LogP contribution in [0.15, 0.2) is 41.8 Å². The van der Waals surface area contributed by atoms with Crippen molar-refractivity contribution in [1.29, 1.82) is 0 Å². The van der Waals surface area contributed by atoms with E-state index in [0.717, 1.165) is 17.3 Å². The minimum Gasteiger partial charge on any atom is -0.326 e. The number of hydrogen-bond acceptors (Lipinski definition) is 2. The summed E-state index contributed by atoms with van der Waals surface area (Å²) >= 11 is 1.56. The average Bonchev–Trinajstić information content (AvgIpc) is 2.75. The van der Waals surface area contributed by atoms with E-state index < -0.39 is 0 Å². The van der Waals surface area contributed by atoms with Crippen LogP contribution in [0.2, 0.25) is 0 Å². The monoisotopic (exact) mass is 236 g/mol. The molecule has 1 aromatic heterocycles. The van der Waals surface area contributed by atoms with Gasteiger partial charge in [-0.3, -0.25) is 0 Å². The van der Waals surface area contributed by atoms with Gasteiger partial charge in [-0.05, 0) is 18.6 Å². The second-order valence-electron chi connectivity index (χ2n) is 3.38. The summed E-state index contributed by atoms with van der Waals surface area (Å²) in [6, 6.07) is 6.85. The number of aryl methyl sites for hydroxylation is 1. The summed E-state index contributed by atoms with van der Waals surface area (Å²) in [7, 11) is 0. The van der Waals surface area contributed by atoms with Crippen LogP contribution in [-0.2, 0) is 12.3 Å². The van der Waals surface area contributed by atoms with E-state index >= 15 is 0 Å². The maximum absolute atomic E-state index is 13.4. The highest BCUT2D eigenvalue weighted by molar-refractivity contribution is 7.98. The molecule has 0 bridgehead atoms. The summed E-state index contributed by atoms with van der Waals surface area (Å²) in [5.74, 6) is 0.466. The van der Waals surface area contributed by atoms with Crippen LogP contribution in [0.5, 0.6) is 0 Å². The van der Waals surface area contributed by atoms with Crippen molar-refractivity contribution in [3.8, 4) is 0 Å². The molecule has 1 heterocycles. The smallest absolute Gasteiger partial charge is 0.168 e. The molecular formula is C12H13FN2S. The Labute approximate surface area is 98.5 Å². The number of benzene rings is 1. The zero-order valence-corrected chi connectivity index (χ0v) is 9.88. The fourth-order valence-corrected chi connectivity index (χ4v) is 2.44. The van der Waals surface area contributed by atoms with E-state index in [4.69, 9.17) is 0 Å². The van der Waals surface area contributed by atoms with Gasteiger partial charge < -0.3 is 4.57 Å². The summed E-state index contributed by atoms with van der Waals surface area (Å²) in [5.41, 5.74) is 0.721. The van der Waals surface area contributed by atoms with Crippen LogP contribution in [-0.4, -0.2) is 9.55 Å². The summed E-state index contributed by atoms with van der Waals surface area (Å²) in [4.78, 5) is 4.24. The number of imidazole rings is 1. The van der Waals surface area contributed by atoms with E-state index in [-0.39, 0.29) is 5.82 Å². The number of aromatic nitrogens is 2. The molecule has 1 aromatic carbocycles. The lowest BCUT2D eigenvalue weighted by molar-refractivity contribution is 0.617. The van der Waals surface area contributed by atoms with Gasteiger partial charge in [-0.15, -0.1) is 0 Å². The molecule has 16 heavy (non-hydrogen) atoms. The van der Waals surface area contributed by atoms with Crippen molar-refractivity contribution in [2.75, 3.05) is 0 Å². The first-order valence-corrected chi connectivity index (χ1v) is 6.17. The maximum Gasteiger partial charge on any atom is 0.168 e. The van der Waals surface area contributed by atoms with Crippen molar-refractivity contribution in [3.05, 3.63) is 48.0 Å². The first kappa shape index (κ1) is 11.2. The Hall–Kier alpha value is -1.29. The number of thioether (sulfide) groups is 1. The third-order valence-electron chi connectivity index (χ3n) is 2.33. The molecule has 0 radical (unpaired) electrons. The Morgan fingerprint density at radius 3 is 2.94 bits per heavy atom. The molecule has 2 aromatic rings. The lowest BCUT2D eigenvalue weighted by Gasteiger charge is -2.04. The lowest BCUT2D eigenvalue weighted by Crippen LogP contribution is -1.95. The maximum atomic E-state index is 13.4. The fourth-order valence-electron chi connectivity index (χ4n) is 1.43. The molecule has 2 rings (SSSR count). The molecule has 0 fully saturated rings. The first-order valence-electron chi connectivity index (χ1n) is 5.18. The Kier molecular flexibility index (Phi) is 3.62. The molecule has 0 aliphatic heterocycles. The van der Waals surface area contributed by atoms with E-state index in [1.54, 1.807) is 24.0 Å². The molecule has 84 valence electrons. The van der Waals surface area contributed by atoms with Crippen LogP contribution in [0, 0.1) is 5.82 Å². The van der Waals surface area contributed by atoms with Gasteiger partial charge in [-0.1, -0.05) is 30.0 Å². The topological polar surface area (TPSA) is 17.8 Å². The van der Waals surface area contributed by atoms with Crippen molar-refractivity contribution in [3.63, 3.8) is 0 Å². The Morgan fingerprint density at radius 1 is 1.38 bits per heavy atom. The quantitative estimate of drug-likeness (QED) is 0.758. The zero-order valence-electron chi connectivity index (χ0n) is 9.06. The molecule has 0 aliphatic carbocycles. The van der Waals surface area contributed by atoms with Gasteiger partial charge in [0, 0.05) is 24.7 Å². The Morgan fingerprint density at radius 2 is 2.19 bits per heavy atom. The molecule has 0 amide bonds. The van der Waals surface area contributed by atoms with Gasteiger partial charge in [0.2, 0.25) is 0 Å². The van der Waals surface area contributed by atoms with E-state index in [0.29, 0.717) is 5.75 Å². The highest BCUT2D eigenvalue weighted by atomic mass is 32.2. The Bertz CT molecular complexity index is 468. The standard InChI is InChI=1S/C12H13FN2S/c1-2-15-8-7-14-12(15)16-9-10-5-3-4-6-11(10)13/h3-8H,2,9H2,1H3. The van der Waals surface area contributed by atoms with Crippen molar-refractivity contribution in [1.82, 2.24) is 9.55 Å². The van der Waals surface area contributed by atoms with Crippen LogP contribution < -0.4 is 0 Å².